The van der Waals surface area contributed by atoms with E-state index in [1.165, 1.54) is 4.90 Å². The average Bonchev–Trinajstić information content (AvgIpc) is 2.47. The van der Waals surface area contributed by atoms with Gasteiger partial charge in [-0.3, -0.25) is 10.1 Å². The molecule has 0 heterocycles. The fraction of sp³-hybridized carbons (Fsp3) is 0.385. The Morgan fingerprint density at radius 2 is 2.24 bits per heavy atom. The Morgan fingerprint density at radius 1 is 1.57 bits per heavy atom. The summed E-state index contributed by atoms with van der Waals surface area (Å²) in [6.45, 7) is 2.34. The molecule has 8 heteroatoms. The molecule has 0 aliphatic heterocycles. The Hall–Kier alpha value is -2.69. The molecule has 0 aliphatic carbocycles. The van der Waals surface area contributed by atoms with Gasteiger partial charge in [0.25, 0.3) is 5.69 Å². The van der Waals surface area contributed by atoms with Crippen molar-refractivity contribution in [2.45, 2.75) is 13.3 Å². The van der Waals surface area contributed by atoms with Gasteiger partial charge < -0.3 is 9.64 Å². The largest absolute Gasteiger partial charge is 0.465 e. The summed E-state index contributed by atoms with van der Waals surface area (Å²) in [4.78, 5) is 23.3. The lowest BCUT2D eigenvalue weighted by atomic mass is 10.1. The summed E-state index contributed by atoms with van der Waals surface area (Å²) in [7, 11) is 1.09. The quantitative estimate of drug-likeness (QED) is 0.453. The fourth-order valence-electron chi connectivity index (χ4n) is 1.85. The Balaban J connectivity index is 3.41. The first-order chi connectivity index (χ1) is 9.96. The monoisotopic (exact) mass is 295 g/mol. The second kappa shape index (κ2) is 7.19. The van der Waals surface area contributed by atoms with E-state index < -0.39 is 22.4 Å². The van der Waals surface area contributed by atoms with Crippen LogP contribution in [0.2, 0.25) is 0 Å². The van der Waals surface area contributed by atoms with Gasteiger partial charge >= 0.3 is 5.97 Å². The third kappa shape index (κ3) is 3.66. The number of esters is 1. The highest BCUT2D eigenvalue weighted by molar-refractivity contribution is 5.92. The molecule has 0 fully saturated rings. The van der Waals surface area contributed by atoms with Crippen molar-refractivity contribution >= 4 is 17.3 Å². The van der Waals surface area contributed by atoms with Crippen molar-refractivity contribution in [1.82, 2.24) is 0 Å². The normalized spacial score (nSPS) is 9.81. The minimum atomic E-state index is -1.02. The van der Waals surface area contributed by atoms with Gasteiger partial charge in [-0.1, -0.05) is 0 Å². The first-order valence-corrected chi connectivity index (χ1v) is 6.14. The van der Waals surface area contributed by atoms with Gasteiger partial charge in [0.05, 0.1) is 36.2 Å². The molecule has 1 rings (SSSR count). The lowest BCUT2D eigenvalue weighted by Crippen LogP contribution is -2.25. The molecule has 0 saturated carbocycles. The predicted octanol–water partition coefficient (Wildman–Crippen LogP) is 2.26. The lowest BCUT2D eigenvalue weighted by Gasteiger charge is -2.22. The summed E-state index contributed by atoms with van der Waals surface area (Å²) < 4.78 is 18.2. The molecule has 0 bridgehead atoms. The molecule has 0 N–H and O–H groups in total. The summed E-state index contributed by atoms with van der Waals surface area (Å²) in [5.74, 6) is -1.94. The molecule has 0 atom stereocenters. The van der Waals surface area contributed by atoms with Crippen LogP contribution in [-0.2, 0) is 4.74 Å². The van der Waals surface area contributed by atoms with E-state index in [0.717, 1.165) is 13.2 Å². The minimum absolute atomic E-state index is 0.0829. The van der Waals surface area contributed by atoms with Crippen LogP contribution in [0.3, 0.4) is 0 Å². The highest BCUT2D eigenvalue weighted by Gasteiger charge is 2.25. The molecule has 7 nitrogen and oxygen atoms in total. The summed E-state index contributed by atoms with van der Waals surface area (Å²) in [5.41, 5.74) is -0.756. The maximum absolute atomic E-state index is 13.8. The summed E-state index contributed by atoms with van der Waals surface area (Å²) in [6, 6.07) is 3.71. The molecule has 1 aromatic rings. The van der Waals surface area contributed by atoms with E-state index in [1.807, 2.05) is 6.07 Å². The van der Waals surface area contributed by atoms with Crippen molar-refractivity contribution in [3.05, 3.63) is 33.6 Å². The van der Waals surface area contributed by atoms with E-state index in [0.29, 0.717) is 12.6 Å². The molecular formula is C13H14FN3O4. The number of anilines is 1. The van der Waals surface area contributed by atoms with Gasteiger partial charge in [0.15, 0.2) is 0 Å². The number of hydrogen-bond acceptors (Lipinski definition) is 6. The van der Waals surface area contributed by atoms with E-state index >= 15 is 0 Å². The van der Waals surface area contributed by atoms with Crippen molar-refractivity contribution in [2.75, 3.05) is 25.1 Å². The van der Waals surface area contributed by atoms with Gasteiger partial charge in [0.1, 0.15) is 11.5 Å². The molecule has 0 aliphatic rings. The molecule has 0 spiro atoms. The molecule has 0 saturated heterocycles. The number of benzene rings is 1. The Bertz CT molecular complexity index is 598. The molecule has 21 heavy (non-hydrogen) atoms. The van der Waals surface area contributed by atoms with E-state index in [4.69, 9.17) is 5.26 Å². The number of carbonyl (C=O) groups is 1. The number of ether oxygens (including phenoxy) is 1. The van der Waals surface area contributed by atoms with Gasteiger partial charge in [-0.25, -0.2) is 9.18 Å². The zero-order valence-electron chi connectivity index (χ0n) is 11.6. The van der Waals surface area contributed by atoms with Crippen LogP contribution in [0.25, 0.3) is 0 Å². The highest BCUT2D eigenvalue weighted by atomic mass is 19.1. The second-order valence-electron chi connectivity index (χ2n) is 4.06. The van der Waals surface area contributed by atoms with Gasteiger partial charge in [-0.2, -0.15) is 5.26 Å². The van der Waals surface area contributed by atoms with Crippen LogP contribution >= 0.6 is 0 Å². The highest BCUT2D eigenvalue weighted by Crippen LogP contribution is 2.31. The molecular weight excluding hydrogens is 281 g/mol. The topological polar surface area (TPSA) is 96.5 Å². The van der Waals surface area contributed by atoms with Crippen molar-refractivity contribution in [3.63, 3.8) is 0 Å². The number of nitrogens with zero attached hydrogens (tertiary/aromatic N) is 3. The van der Waals surface area contributed by atoms with Crippen LogP contribution in [0.4, 0.5) is 15.8 Å². The van der Waals surface area contributed by atoms with Crippen LogP contribution < -0.4 is 4.90 Å². The maximum atomic E-state index is 13.8. The third-order valence-corrected chi connectivity index (χ3v) is 2.88. The zero-order chi connectivity index (χ0) is 16.0. The van der Waals surface area contributed by atoms with Crippen LogP contribution in [0.1, 0.15) is 23.7 Å². The number of nitro benzene ring substituents is 1. The molecule has 0 unspecified atom stereocenters. The van der Waals surface area contributed by atoms with Crippen molar-refractivity contribution < 1.29 is 18.8 Å². The van der Waals surface area contributed by atoms with E-state index in [2.05, 4.69) is 4.74 Å². The Morgan fingerprint density at radius 3 is 2.71 bits per heavy atom. The van der Waals surface area contributed by atoms with Crippen LogP contribution in [0, 0.1) is 27.3 Å². The minimum Gasteiger partial charge on any atom is -0.465 e. The van der Waals surface area contributed by atoms with E-state index in [-0.39, 0.29) is 24.2 Å². The summed E-state index contributed by atoms with van der Waals surface area (Å²) in [6.07, 6.45) is 0.149. The molecule has 0 aromatic heterocycles. The molecule has 112 valence electrons. The second-order valence-corrected chi connectivity index (χ2v) is 4.06. The number of carbonyl (C=O) groups excluding carboxylic acids is 1. The fourth-order valence-corrected chi connectivity index (χ4v) is 1.85. The molecule has 1 aromatic carbocycles. The summed E-state index contributed by atoms with van der Waals surface area (Å²) in [5, 5.41) is 19.7. The zero-order valence-corrected chi connectivity index (χ0v) is 11.6. The predicted molar refractivity (Wildman–Crippen MR) is 72.5 cm³/mol. The van der Waals surface area contributed by atoms with Crippen LogP contribution in [0.5, 0.6) is 0 Å². The molecule has 0 radical (unpaired) electrons. The number of rotatable bonds is 6. The first-order valence-electron chi connectivity index (χ1n) is 6.14. The van der Waals surface area contributed by atoms with Crippen LogP contribution in [0.15, 0.2) is 12.1 Å². The van der Waals surface area contributed by atoms with Crippen molar-refractivity contribution in [3.8, 4) is 6.07 Å². The third-order valence-electron chi connectivity index (χ3n) is 2.88. The van der Waals surface area contributed by atoms with Crippen molar-refractivity contribution in [1.29, 1.82) is 5.26 Å². The molecule has 0 amide bonds. The number of nitro groups is 1. The number of nitriles is 1. The van der Waals surface area contributed by atoms with Gasteiger partial charge in [0.2, 0.25) is 0 Å². The number of halogens is 1. The van der Waals surface area contributed by atoms with Gasteiger partial charge in [-0.15, -0.1) is 0 Å². The van der Waals surface area contributed by atoms with Crippen LogP contribution in [-0.4, -0.2) is 31.1 Å². The maximum Gasteiger partial charge on any atom is 0.340 e. The standard InChI is InChI=1S/C13H14FN3O4/c1-3-16(6-4-5-15)11-7-9(13(18)21-2)10(14)8-12(11)17(19)20/h7-8H,3-4,6H2,1-2H3. The van der Waals surface area contributed by atoms with Crippen molar-refractivity contribution in [2.24, 2.45) is 0 Å². The van der Waals surface area contributed by atoms with Gasteiger partial charge in [0, 0.05) is 13.1 Å². The lowest BCUT2D eigenvalue weighted by molar-refractivity contribution is -0.384. The van der Waals surface area contributed by atoms with E-state index in [1.54, 1.807) is 6.92 Å². The number of hydrogen-bond donors (Lipinski definition) is 0. The first kappa shape index (κ1) is 16.4. The Labute approximate surface area is 120 Å². The Kier molecular flexibility index (Phi) is 5.60. The van der Waals surface area contributed by atoms with E-state index in [9.17, 15) is 19.3 Å². The number of methoxy groups -OCH3 is 1. The smallest absolute Gasteiger partial charge is 0.340 e. The SMILES string of the molecule is CCN(CCC#N)c1cc(C(=O)OC)c(F)cc1[N+](=O)[O-]. The van der Waals surface area contributed by atoms with Gasteiger partial charge in [-0.05, 0) is 13.0 Å². The summed E-state index contributed by atoms with van der Waals surface area (Å²) >= 11 is 0. The average molecular weight is 295 g/mol.